The lowest BCUT2D eigenvalue weighted by Gasteiger charge is -2.24. The van der Waals surface area contributed by atoms with Crippen molar-refractivity contribution in [1.29, 1.82) is 0 Å². The fourth-order valence-corrected chi connectivity index (χ4v) is 2.31. The number of amides is 1. The Morgan fingerprint density at radius 3 is 2.68 bits per heavy atom. The van der Waals surface area contributed by atoms with Crippen LogP contribution >= 0.6 is 0 Å². The van der Waals surface area contributed by atoms with Crippen molar-refractivity contribution in [1.82, 2.24) is 10.1 Å². The predicted molar refractivity (Wildman–Crippen MR) is 93.4 cm³/mol. The van der Waals surface area contributed by atoms with E-state index in [0.717, 1.165) is 11.3 Å². The largest absolute Gasteiger partial charge is 0.338 e. The van der Waals surface area contributed by atoms with E-state index in [4.69, 9.17) is 4.52 Å². The molecule has 2 aromatic rings. The first-order chi connectivity index (χ1) is 11.8. The van der Waals surface area contributed by atoms with Crippen LogP contribution in [-0.4, -0.2) is 34.5 Å². The molecule has 1 amide bonds. The van der Waals surface area contributed by atoms with Crippen molar-refractivity contribution in [2.45, 2.75) is 32.7 Å². The van der Waals surface area contributed by atoms with Crippen molar-refractivity contribution < 1.29 is 14.2 Å². The molecular weight excluding hydrogens is 324 g/mol. The van der Waals surface area contributed by atoms with E-state index in [2.05, 4.69) is 10.5 Å². The van der Waals surface area contributed by atoms with E-state index in [1.165, 1.54) is 12.1 Å². The van der Waals surface area contributed by atoms with Gasteiger partial charge in [0.2, 0.25) is 11.8 Å². The van der Waals surface area contributed by atoms with Gasteiger partial charge < -0.3 is 4.52 Å². The number of benzene rings is 1. The maximum Gasteiger partial charge on any atom is 0.269 e. The van der Waals surface area contributed by atoms with Gasteiger partial charge in [0.1, 0.15) is 0 Å². The third kappa shape index (κ3) is 4.87. The molecule has 1 aromatic carbocycles. The maximum absolute atomic E-state index is 12.2. The number of hydrogen-bond donors (Lipinski definition) is 1. The zero-order valence-corrected chi connectivity index (χ0v) is 14.7. The third-order valence-electron chi connectivity index (χ3n) is 4.00. The highest BCUT2D eigenvalue weighted by atomic mass is 16.6. The number of non-ortho nitro benzene ring substituents is 1. The Balaban J connectivity index is 1.97. The first kappa shape index (κ1) is 18.6. The second-order valence-electron chi connectivity index (χ2n) is 6.26. The van der Waals surface area contributed by atoms with Crippen LogP contribution in [0, 0.1) is 10.1 Å². The Labute approximate surface area is 145 Å². The van der Waals surface area contributed by atoms with Crippen molar-refractivity contribution >= 4 is 17.5 Å². The molecule has 0 aliphatic carbocycles. The minimum Gasteiger partial charge on any atom is -0.338 e. The van der Waals surface area contributed by atoms with Gasteiger partial charge in [-0.1, -0.05) is 31.1 Å². The summed E-state index contributed by atoms with van der Waals surface area (Å²) in [6.45, 7) is 5.97. The Morgan fingerprint density at radius 1 is 1.36 bits per heavy atom. The standard InChI is InChI=1S/C17H22N4O4/c1-11(2)15-9-17(25-19-15)18-16(22)10-20(4)12(3)13-6-5-7-14(8-13)21(23)24/h5-9,11-12H,10H2,1-4H3,(H,18,22)/t12-/m0/s1. The van der Waals surface area contributed by atoms with Crippen LogP contribution in [0.1, 0.15) is 44.0 Å². The number of carbonyl (C=O) groups excluding carboxylic acids is 1. The molecule has 0 aliphatic rings. The molecule has 0 bridgehead atoms. The number of anilines is 1. The first-order valence-electron chi connectivity index (χ1n) is 7.99. The number of carbonyl (C=O) groups is 1. The molecule has 0 fully saturated rings. The quantitative estimate of drug-likeness (QED) is 0.609. The summed E-state index contributed by atoms with van der Waals surface area (Å²) in [4.78, 5) is 24.4. The fraction of sp³-hybridized carbons (Fsp3) is 0.412. The van der Waals surface area contributed by atoms with Gasteiger partial charge in [0.15, 0.2) is 0 Å². The molecule has 1 aromatic heterocycles. The van der Waals surface area contributed by atoms with Crippen molar-refractivity contribution in [2.75, 3.05) is 18.9 Å². The molecular formula is C17H22N4O4. The summed E-state index contributed by atoms with van der Waals surface area (Å²) in [6.07, 6.45) is 0. The molecule has 0 saturated carbocycles. The third-order valence-corrected chi connectivity index (χ3v) is 4.00. The highest BCUT2D eigenvalue weighted by Crippen LogP contribution is 2.23. The number of nitro groups is 1. The summed E-state index contributed by atoms with van der Waals surface area (Å²) in [5.41, 5.74) is 1.57. The Bertz CT molecular complexity index is 757. The summed E-state index contributed by atoms with van der Waals surface area (Å²) in [6, 6.07) is 7.94. The van der Waals surface area contributed by atoms with Crippen molar-refractivity contribution in [3.8, 4) is 0 Å². The maximum atomic E-state index is 12.2. The van der Waals surface area contributed by atoms with E-state index in [9.17, 15) is 14.9 Å². The van der Waals surface area contributed by atoms with E-state index in [-0.39, 0.29) is 30.1 Å². The number of hydrogen-bond acceptors (Lipinski definition) is 6. The summed E-state index contributed by atoms with van der Waals surface area (Å²) in [7, 11) is 1.78. The van der Waals surface area contributed by atoms with Crippen LogP contribution in [0.2, 0.25) is 0 Å². The molecule has 2 rings (SSSR count). The van der Waals surface area contributed by atoms with Crippen LogP contribution in [0.4, 0.5) is 11.6 Å². The number of nitrogens with zero attached hydrogens (tertiary/aromatic N) is 3. The smallest absolute Gasteiger partial charge is 0.269 e. The lowest BCUT2D eigenvalue weighted by atomic mass is 10.1. The molecule has 0 spiro atoms. The van der Waals surface area contributed by atoms with Crippen molar-refractivity contribution in [3.63, 3.8) is 0 Å². The summed E-state index contributed by atoms with van der Waals surface area (Å²) in [5.74, 6) is 0.280. The Hall–Kier alpha value is -2.74. The number of nitro benzene ring substituents is 1. The molecule has 8 heteroatoms. The number of aromatic nitrogens is 1. The van der Waals surface area contributed by atoms with Gasteiger partial charge in [0.05, 0.1) is 17.2 Å². The molecule has 8 nitrogen and oxygen atoms in total. The molecule has 0 unspecified atom stereocenters. The van der Waals surface area contributed by atoms with E-state index in [1.54, 1.807) is 30.1 Å². The zero-order valence-electron chi connectivity index (χ0n) is 14.7. The number of likely N-dealkylation sites (N-methyl/N-ethyl adjacent to an activating group) is 1. The van der Waals surface area contributed by atoms with Crippen LogP contribution in [0.5, 0.6) is 0 Å². The molecule has 1 atom stereocenters. The molecule has 0 saturated heterocycles. The van der Waals surface area contributed by atoms with Crippen LogP contribution in [0.15, 0.2) is 34.9 Å². The van der Waals surface area contributed by atoms with E-state index >= 15 is 0 Å². The Morgan fingerprint density at radius 2 is 2.08 bits per heavy atom. The molecule has 1 heterocycles. The molecule has 0 radical (unpaired) electrons. The average molecular weight is 346 g/mol. The minimum atomic E-state index is -0.431. The summed E-state index contributed by atoms with van der Waals surface area (Å²) < 4.78 is 5.09. The molecule has 1 N–H and O–H groups in total. The SMILES string of the molecule is CC(C)c1cc(NC(=O)CN(C)[C@@H](C)c2cccc([N+](=O)[O-])c2)on1. The molecule has 0 aliphatic heterocycles. The lowest BCUT2D eigenvalue weighted by molar-refractivity contribution is -0.384. The van der Waals surface area contributed by atoms with Crippen LogP contribution in [-0.2, 0) is 4.79 Å². The van der Waals surface area contributed by atoms with Gasteiger partial charge in [-0.05, 0) is 25.5 Å². The van der Waals surface area contributed by atoms with Crippen molar-refractivity contribution in [2.24, 2.45) is 0 Å². The minimum absolute atomic E-state index is 0.0325. The van der Waals surface area contributed by atoms with Gasteiger partial charge in [-0.3, -0.25) is 25.1 Å². The summed E-state index contributed by atoms with van der Waals surface area (Å²) in [5, 5.41) is 17.4. The fourth-order valence-electron chi connectivity index (χ4n) is 2.31. The van der Waals surface area contributed by atoms with Crippen LogP contribution < -0.4 is 5.32 Å². The Kier molecular flexibility index (Phi) is 5.87. The second-order valence-corrected chi connectivity index (χ2v) is 6.26. The van der Waals surface area contributed by atoms with E-state index < -0.39 is 4.92 Å². The van der Waals surface area contributed by atoms with Crippen LogP contribution in [0.25, 0.3) is 0 Å². The van der Waals surface area contributed by atoms with Crippen LogP contribution in [0.3, 0.4) is 0 Å². The lowest BCUT2D eigenvalue weighted by Crippen LogP contribution is -2.32. The highest BCUT2D eigenvalue weighted by molar-refractivity contribution is 5.91. The van der Waals surface area contributed by atoms with Gasteiger partial charge in [-0.15, -0.1) is 0 Å². The zero-order chi connectivity index (χ0) is 18.6. The highest BCUT2D eigenvalue weighted by Gasteiger charge is 2.18. The second kappa shape index (κ2) is 7.89. The van der Waals surface area contributed by atoms with E-state index in [0.29, 0.717) is 5.88 Å². The van der Waals surface area contributed by atoms with Gasteiger partial charge in [-0.25, -0.2) is 0 Å². The normalized spacial score (nSPS) is 12.4. The predicted octanol–water partition coefficient (Wildman–Crippen LogP) is 3.34. The van der Waals surface area contributed by atoms with Gasteiger partial charge in [0, 0.05) is 24.2 Å². The monoisotopic (exact) mass is 346 g/mol. The summed E-state index contributed by atoms with van der Waals surface area (Å²) >= 11 is 0. The van der Waals surface area contributed by atoms with Gasteiger partial charge in [-0.2, -0.15) is 0 Å². The molecule has 134 valence electrons. The van der Waals surface area contributed by atoms with Crippen molar-refractivity contribution in [3.05, 3.63) is 51.7 Å². The van der Waals surface area contributed by atoms with Gasteiger partial charge in [0.25, 0.3) is 5.69 Å². The average Bonchev–Trinajstić information content (AvgIpc) is 3.02. The first-order valence-corrected chi connectivity index (χ1v) is 7.99. The topological polar surface area (TPSA) is 102 Å². The van der Waals surface area contributed by atoms with E-state index in [1.807, 2.05) is 20.8 Å². The number of rotatable bonds is 7. The molecule has 25 heavy (non-hydrogen) atoms. The number of nitrogens with one attached hydrogen (secondary N) is 1. The van der Waals surface area contributed by atoms with Gasteiger partial charge >= 0.3 is 0 Å².